The van der Waals surface area contributed by atoms with Crippen LogP contribution in [0.15, 0.2) is 24.4 Å². The summed E-state index contributed by atoms with van der Waals surface area (Å²) in [5.41, 5.74) is 0.676. The second-order valence-electron chi connectivity index (χ2n) is 3.34. The molecule has 6 heteroatoms. The molecule has 0 aromatic carbocycles. The molecule has 2 aromatic rings. The fraction of sp³-hybridized carbons (Fsp3) is 0.200. The van der Waals surface area contributed by atoms with Gasteiger partial charge in [0.15, 0.2) is 5.82 Å². The van der Waals surface area contributed by atoms with Crippen LogP contribution in [0.5, 0.6) is 0 Å². The SMILES string of the molecule is CN(C)c1nc(Cl)nc(-c2ccccn2)n1. The van der Waals surface area contributed by atoms with Gasteiger partial charge in [0, 0.05) is 20.3 Å². The van der Waals surface area contributed by atoms with E-state index in [1.165, 1.54) is 0 Å². The molecule has 0 atom stereocenters. The molecule has 82 valence electrons. The van der Waals surface area contributed by atoms with Crippen molar-refractivity contribution in [1.82, 2.24) is 19.9 Å². The minimum absolute atomic E-state index is 0.166. The second kappa shape index (κ2) is 4.40. The van der Waals surface area contributed by atoms with Gasteiger partial charge in [0.25, 0.3) is 0 Å². The molecule has 5 nitrogen and oxygen atoms in total. The van der Waals surface area contributed by atoms with E-state index >= 15 is 0 Å². The highest BCUT2D eigenvalue weighted by molar-refractivity contribution is 6.28. The molecule has 0 aliphatic heterocycles. The van der Waals surface area contributed by atoms with Gasteiger partial charge >= 0.3 is 0 Å². The predicted molar refractivity (Wildman–Crippen MR) is 62.4 cm³/mol. The highest BCUT2D eigenvalue weighted by atomic mass is 35.5. The van der Waals surface area contributed by atoms with Crippen LogP contribution in [0, 0.1) is 0 Å². The predicted octanol–water partition coefficient (Wildman–Crippen LogP) is 1.65. The van der Waals surface area contributed by atoms with Crippen LogP contribution in [-0.4, -0.2) is 34.0 Å². The molecule has 0 spiro atoms. The Labute approximate surface area is 98.2 Å². The van der Waals surface area contributed by atoms with Crippen molar-refractivity contribution in [3.63, 3.8) is 0 Å². The van der Waals surface area contributed by atoms with Crippen LogP contribution >= 0.6 is 11.6 Å². The molecule has 0 radical (unpaired) electrons. The molecule has 0 unspecified atom stereocenters. The number of anilines is 1. The zero-order chi connectivity index (χ0) is 11.5. The standard InChI is InChI=1S/C10H10ClN5/c1-16(2)10-14-8(13-9(11)15-10)7-5-3-4-6-12-7/h3-6H,1-2H3. The molecule has 0 aliphatic carbocycles. The lowest BCUT2D eigenvalue weighted by Gasteiger charge is -2.10. The van der Waals surface area contributed by atoms with Crippen molar-refractivity contribution in [3.8, 4) is 11.5 Å². The zero-order valence-corrected chi connectivity index (χ0v) is 9.68. The maximum Gasteiger partial charge on any atom is 0.229 e. The van der Waals surface area contributed by atoms with Gasteiger partial charge in [-0.3, -0.25) is 4.98 Å². The molecule has 2 heterocycles. The first-order valence-electron chi connectivity index (χ1n) is 4.67. The molecule has 16 heavy (non-hydrogen) atoms. The largest absolute Gasteiger partial charge is 0.347 e. The van der Waals surface area contributed by atoms with Gasteiger partial charge in [0.2, 0.25) is 11.2 Å². The third-order valence-corrected chi connectivity index (χ3v) is 2.06. The minimum atomic E-state index is 0.166. The molecule has 2 rings (SSSR count). The van der Waals surface area contributed by atoms with Crippen LogP contribution < -0.4 is 4.90 Å². The van der Waals surface area contributed by atoms with Crippen LogP contribution in [0.25, 0.3) is 11.5 Å². The fourth-order valence-electron chi connectivity index (χ4n) is 1.15. The van der Waals surface area contributed by atoms with Crippen molar-refractivity contribution in [3.05, 3.63) is 29.7 Å². The van der Waals surface area contributed by atoms with Crippen LogP contribution in [0.2, 0.25) is 5.28 Å². The van der Waals surface area contributed by atoms with Gasteiger partial charge in [0.1, 0.15) is 5.69 Å². The van der Waals surface area contributed by atoms with E-state index in [1.807, 2.05) is 32.3 Å². The topological polar surface area (TPSA) is 54.8 Å². The van der Waals surface area contributed by atoms with Crippen molar-refractivity contribution in [2.24, 2.45) is 0 Å². The molecule has 0 N–H and O–H groups in total. The minimum Gasteiger partial charge on any atom is -0.347 e. The highest BCUT2D eigenvalue weighted by Gasteiger charge is 2.08. The van der Waals surface area contributed by atoms with Gasteiger partial charge in [-0.1, -0.05) is 6.07 Å². The summed E-state index contributed by atoms with van der Waals surface area (Å²) in [4.78, 5) is 18.2. The number of hydrogen-bond donors (Lipinski definition) is 0. The van der Waals surface area contributed by atoms with Gasteiger partial charge in [-0.25, -0.2) is 0 Å². The number of rotatable bonds is 2. The molecule has 0 fully saturated rings. The van der Waals surface area contributed by atoms with Gasteiger partial charge < -0.3 is 4.90 Å². The van der Waals surface area contributed by atoms with Crippen LogP contribution in [0.4, 0.5) is 5.95 Å². The van der Waals surface area contributed by atoms with Gasteiger partial charge in [-0.05, 0) is 23.7 Å². The zero-order valence-electron chi connectivity index (χ0n) is 8.92. The lowest BCUT2D eigenvalue weighted by molar-refractivity contribution is 0.957. The maximum absolute atomic E-state index is 5.83. The van der Waals surface area contributed by atoms with Crippen molar-refractivity contribution in [2.45, 2.75) is 0 Å². The summed E-state index contributed by atoms with van der Waals surface area (Å²) in [6.45, 7) is 0. The van der Waals surface area contributed by atoms with Crippen molar-refractivity contribution in [2.75, 3.05) is 19.0 Å². The van der Waals surface area contributed by atoms with E-state index in [4.69, 9.17) is 11.6 Å². The normalized spacial score (nSPS) is 10.2. The number of aromatic nitrogens is 4. The molecular weight excluding hydrogens is 226 g/mol. The fourth-order valence-corrected chi connectivity index (χ4v) is 1.30. The van der Waals surface area contributed by atoms with Gasteiger partial charge in [0.05, 0.1) is 0 Å². The van der Waals surface area contributed by atoms with Crippen molar-refractivity contribution >= 4 is 17.5 Å². The summed E-state index contributed by atoms with van der Waals surface area (Å²) in [6, 6.07) is 5.53. The second-order valence-corrected chi connectivity index (χ2v) is 3.68. The third kappa shape index (κ3) is 2.25. The summed E-state index contributed by atoms with van der Waals surface area (Å²) < 4.78 is 0. The van der Waals surface area contributed by atoms with E-state index in [2.05, 4.69) is 19.9 Å². The lowest BCUT2D eigenvalue weighted by atomic mass is 10.3. The first-order chi connectivity index (χ1) is 7.66. The monoisotopic (exact) mass is 235 g/mol. The Morgan fingerprint density at radius 3 is 2.56 bits per heavy atom. The molecule has 0 amide bonds. The molecule has 0 bridgehead atoms. The average molecular weight is 236 g/mol. The highest BCUT2D eigenvalue weighted by Crippen LogP contribution is 2.16. The van der Waals surface area contributed by atoms with Crippen molar-refractivity contribution in [1.29, 1.82) is 0 Å². The van der Waals surface area contributed by atoms with E-state index in [-0.39, 0.29) is 5.28 Å². The molecule has 0 saturated heterocycles. The van der Waals surface area contributed by atoms with Crippen LogP contribution in [0.1, 0.15) is 0 Å². The third-order valence-electron chi connectivity index (χ3n) is 1.89. The quantitative estimate of drug-likeness (QED) is 0.792. The Balaban J connectivity index is 2.50. The smallest absolute Gasteiger partial charge is 0.229 e. The number of halogens is 1. The first-order valence-corrected chi connectivity index (χ1v) is 5.05. The van der Waals surface area contributed by atoms with Crippen LogP contribution in [0.3, 0.4) is 0 Å². The molecular formula is C10H10ClN5. The van der Waals surface area contributed by atoms with E-state index in [1.54, 1.807) is 11.1 Å². The van der Waals surface area contributed by atoms with Gasteiger partial charge in [-0.2, -0.15) is 15.0 Å². The molecule has 2 aromatic heterocycles. The summed E-state index contributed by atoms with van der Waals surface area (Å²) >= 11 is 5.83. The summed E-state index contributed by atoms with van der Waals surface area (Å²) in [5.74, 6) is 0.991. The molecule has 0 saturated carbocycles. The maximum atomic E-state index is 5.83. The van der Waals surface area contributed by atoms with Crippen molar-refractivity contribution < 1.29 is 0 Å². The Morgan fingerprint density at radius 2 is 1.94 bits per heavy atom. The summed E-state index contributed by atoms with van der Waals surface area (Å²) in [6.07, 6.45) is 1.68. The Bertz CT molecular complexity index is 486. The van der Waals surface area contributed by atoms with E-state index in [9.17, 15) is 0 Å². The van der Waals surface area contributed by atoms with E-state index in [0.717, 1.165) is 0 Å². The van der Waals surface area contributed by atoms with E-state index < -0.39 is 0 Å². The Kier molecular flexibility index (Phi) is 2.96. The average Bonchev–Trinajstić information content (AvgIpc) is 2.29. The number of nitrogens with zero attached hydrogens (tertiary/aromatic N) is 5. The van der Waals surface area contributed by atoms with Crippen LogP contribution in [-0.2, 0) is 0 Å². The summed E-state index contributed by atoms with van der Waals surface area (Å²) in [5, 5.41) is 0.166. The summed E-state index contributed by atoms with van der Waals surface area (Å²) in [7, 11) is 3.68. The van der Waals surface area contributed by atoms with E-state index in [0.29, 0.717) is 17.5 Å². The lowest BCUT2D eigenvalue weighted by Crippen LogP contribution is -2.14. The molecule has 0 aliphatic rings. The van der Waals surface area contributed by atoms with Gasteiger partial charge in [-0.15, -0.1) is 0 Å². The first kappa shape index (κ1) is 10.8. The number of pyridine rings is 1. The Morgan fingerprint density at radius 1 is 1.12 bits per heavy atom. The number of hydrogen-bond acceptors (Lipinski definition) is 5. The Hall–Kier alpha value is -1.75.